The summed E-state index contributed by atoms with van der Waals surface area (Å²) >= 11 is 0. The number of rotatable bonds is 5. The third-order valence-electron chi connectivity index (χ3n) is 3.57. The summed E-state index contributed by atoms with van der Waals surface area (Å²) in [5, 5.41) is 10.3. The van der Waals surface area contributed by atoms with Crippen molar-refractivity contribution in [3.05, 3.63) is 0 Å². The van der Waals surface area contributed by atoms with E-state index in [2.05, 4.69) is 0 Å². The number of sulfone groups is 1. The highest BCUT2D eigenvalue weighted by molar-refractivity contribution is 7.91. The van der Waals surface area contributed by atoms with Crippen LogP contribution in [0.5, 0.6) is 0 Å². The maximum Gasteiger partial charge on any atom is 0.150 e. The molecule has 0 heterocycles. The van der Waals surface area contributed by atoms with E-state index in [1.54, 1.807) is 6.92 Å². The largest absolute Gasteiger partial charge is 0.390 e. The SMILES string of the molecule is CCS(=O)(=O)CCCC1(O)CCCCCC1. The molecule has 3 nitrogen and oxygen atoms in total. The first-order valence-corrected chi connectivity index (χ1v) is 8.22. The second kappa shape index (κ2) is 6.01. The Morgan fingerprint density at radius 3 is 2.19 bits per heavy atom. The maximum atomic E-state index is 11.3. The molecule has 1 saturated carbocycles. The van der Waals surface area contributed by atoms with Crippen LogP contribution in [0.1, 0.15) is 58.3 Å². The lowest BCUT2D eigenvalue weighted by atomic mass is 9.90. The van der Waals surface area contributed by atoms with Gasteiger partial charge >= 0.3 is 0 Å². The quantitative estimate of drug-likeness (QED) is 0.759. The van der Waals surface area contributed by atoms with Gasteiger partial charge in [0.2, 0.25) is 0 Å². The van der Waals surface area contributed by atoms with Crippen molar-refractivity contribution in [3.63, 3.8) is 0 Å². The fraction of sp³-hybridized carbons (Fsp3) is 1.00. The van der Waals surface area contributed by atoms with Crippen molar-refractivity contribution in [2.45, 2.75) is 63.9 Å². The van der Waals surface area contributed by atoms with Crippen LogP contribution in [0.3, 0.4) is 0 Å². The predicted molar refractivity (Wildman–Crippen MR) is 66.2 cm³/mol. The molecule has 0 unspecified atom stereocenters. The molecule has 0 radical (unpaired) electrons. The van der Waals surface area contributed by atoms with Crippen molar-refractivity contribution < 1.29 is 13.5 Å². The van der Waals surface area contributed by atoms with Crippen LogP contribution in [0.15, 0.2) is 0 Å². The first kappa shape index (κ1) is 14.0. The fourth-order valence-corrected chi connectivity index (χ4v) is 3.27. The Hall–Kier alpha value is -0.0900. The van der Waals surface area contributed by atoms with E-state index in [1.807, 2.05) is 0 Å². The van der Waals surface area contributed by atoms with Gasteiger partial charge in [0.1, 0.15) is 9.84 Å². The number of hydrogen-bond acceptors (Lipinski definition) is 3. The molecule has 0 bridgehead atoms. The molecule has 1 N–H and O–H groups in total. The molecule has 1 rings (SSSR count). The Kier molecular flexibility index (Phi) is 5.25. The van der Waals surface area contributed by atoms with Crippen LogP contribution in [0.4, 0.5) is 0 Å². The molecule has 0 spiro atoms. The van der Waals surface area contributed by atoms with E-state index in [1.165, 1.54) is 12.8 Å². The van der Waals surface area contributed by atoms with E-state index in [9.17, 15) is 13.5 Å². The van der Waals surface area contributed by atoms with Crippen molar-refractivity contribution in [1.82, 2.24) is 0 Å². The maximum absolute atomic E-state index is 11.3. The van der Waals surface area contributed by atoms with Gasteiger partial charge in [-0.15, -0.1) is 0 Å². The van der Waals surface area contributed by atoms with E-state index < -0.39 is 15.4 Å². The highest BCUT2D eigenvalue weighted by atomic mass is 32.2. The molecule has 0 amide bonds. The van der Waals surface area contributed by atoms with Gasteiger partial charge in [0.15, 0.2) is 0 Å². The second-order valence-corrected chi connectivity index (χ2v) is 7.45. The average molecular weight is 248 g/mol. The standard InChI is InChI=1S/C12H24O3S/c1-2-16(14,15)11-7-10-12(13)8-5-3-4-6-9-12/h13H,2-11H2,1H3. The summed E-state index contributed by atoms with van der Waals surface area (Å²) < 4.78 is 22.7. The van der Waals surface area contributed by atoms with Gasteiger partial charge in [0, 0.05) is 5.75 Å². The molecule has 0 aromatic carbocycles. The summed E-state index contributed by atoms with van der Waals surface area (Å²) in [6.07, 6.45) is 7.51. The molecule has 0 aromatic rings. The molecular weight excluding hydrogens is 224 g/mol. The third kappa shape index (κ3) is 4.83. The van der Waals surface area contributed by atoms with Crippen LogP contribution >= 0.6 is 0 Å². The zero-order valence-corrected chi connectivity index (χ0v) is 11.1. The van der Waals surface area contributed by atoms with Gasteiger partial charge in [0.05, 0.1) is 11.4 Å². The lowest BCUT2D eigenvalue weighted by molar-refractivity contribution is 0.0160. The van der Waals surface area contributed by atoms with Crippen LogP contribution < -0.4 is 0 Å². The lowest BCUT2D eigenvalue weighted by Gasteiger charge is -2.26. The summed E-state index contributed by atoms with van der Waals surface area (Å²) in [4.78, 5) is 0. The van der Waals surface area contributed by atoms with Crippen LogP contribution in [-0.4, -0.2) is 30.6 Å². The van der Waals surface area contributed by atoms with E-state index in [-0.39, 0.29) is 11.5 Å². The van der Waals surface area contributed by atoms with E-state index in [0.717, 1.165) is 25.7 Å². The number of hydrogen-bond donors (Lipinski definition) is 1. The second-order valence-electron chi connectivity index (χ2n) is 4.98. The third-order valence-corrected chi connectivity index (χ3v) is 5.36. The van der Waals surface area contributed by atoms with Gasteiger partial charge in [0.25, 0.3) is 0 Å². The molecule has 4 heteroatoms. The molecule has 1 aliphatic carbocycles. The molecule has 96 valence electrons. The van der Waals surface area contributed by atoms with Gasteiger partial charge in [-0.3, -0.25) is 0 Å². The summed E-state index contributed by atoms with van der Waals surface area (Å²) in [5.41, 5.74) is -0.584. The minimum absolute atomic E-state index is 0.214. The summed E-state index contributed by atoms with van der Waals surface area (Å²) in [6.45, 7) is 1.68. The van der Waals surface area contributed by atoms with Gasteiger partial charge in [-0.05, 0) is 25.7 Å². The Labute approximate surface area is 99.2 Å². The highest BCUT2D eigenvalue weighted by Crippen LogP contribution is 2.30. The monoisotopic (exact) mass is 248 g/mol. The smallest absolute Gasteiger partial charge is 0.150 e. The first-order chi connectivity index (χ1) is 7.47. The predicted octanol–water partition coefficient (Wildman–Crippen LogP) is 2.29. The Morgan fingerprint density at radius 1 is 1.12 bits per heavy atom. The molecule has 16 heavy (non-hydrogen) atoms. The normalized spacial score (nSPS) is 21.6. The van der Waals surface area contributed by atoms with E-state index in [0.29, 0.717) is 12.8 Å². The van der Waals surface area contributed by atoms with Crippen molar-refractivity contribution in [2.75, 3.05) is 11.5 Å². The Balaban J connectivity index is 2.35. The minimum Gasteiger partial charge on any atom is -0.390 e. The fourth-order valence-electron chi connectivity index (χ4n) is 2.40. The van der Waals surface area contributed by atoms with Crippen molar-refractivity contribution >= 4 is 9.84 Å². The summed E-state index contributed by atoms with van der Waals surface area (Å²) in [7, 11) is -2.87. The Morgan fingerprint density at radius 2 is 1.69 bits per heavy atom. The van der Waals surface area contributed by atoms with Crippen molar-refractivity contribution in [2.24, 2.45) is 0 Å². The summed E-state index contributed by atoms with van der Waals surface area (Å²) in [6, 6.07) is 0. The highest BCUT2D eigenvalue weighted by Gasteiger charge is 2.27. The van der Waals surface area contributed by atoms with Gasteiger partial charge in [-0.25, -0.2) is 8.42 Å². The minimum atomic E-state index is -2.87. The van der Waals surface area contributed by atoms with Gasteiger partial charge in [-0.1, -0.05) is 32.6 Å². The van der Waals surface area contributed by atoms with E-state index in [4.69, 9.17) is 0 Å². The van der Waals surface area contributed by atoms with Crippen molar-refractivity contribution in [1.29, 1.82) is 0 Å². The van der Waals surface area contributed by atoms with Gasteiger partial charge < -0.3 is 5.11 Å². The molecule has 0 aromatic heterocycles. The Bertz CT molecular complexity index is 287. The molecule has 0 atom stereocenters. The van der Waals surface area contributed by atoms with Crippen molar-refractivity contribution in [3.8, 4) is 0 Å². The summed E-state index contributed by atoms with van der Waals surface area (Å²) in [5.74, 6) is 0.442. The molecular formula is C12H24O3S. The van der Waals surface area contributed by atoms with Crippen LogP contribution in [-0.2, 0) is 9.84 Å². The molecule has 1 aliphatic rings. The topological polar surface area (TPSA) is 54.4 Å². The average Bonchev–Trinajstić information content (AvgIpc) is 2.43. The van der Waals surface area contributed by atoms with Crippen LogP contribution in [0, 0.1) is 0 Å². The zero-order valence-electron chi connectivity index (χ0n) is 10.2. The van der Waals surface area contributed by atoms with Crippen LogP contribution in [0.2, 0.25) is 0 Å². The van der Waals surface area contributed by atoms with E-state index >= 15 is 0 Å². The molecule has 0 aliphatic heterocycles. The first-order valence-electron chi connectivity index (χ1n) is 6.40. The molecule has 1 fully saturated rings. The van der Waals surface area contributed by atoms with Crippen LogP contribution in [0.25, 0.3) is 0 Å². The number of aliphatic hydroxyl groups is 1. The molecule has 0 saturated heterocycles. The van der Waals surface area contributed by atoms with Gasteiger partial charge in [-0.2, -0.15) is 0 Å². The lowest BCUT2D eigenvalue weighted by Crippen LogP contribution is -2.28. The zero-order chi connectivity index (χ0) is 12.1.